The van der Waals surface area contributed by atoms with Crippen molar-refractivity contribution in [2.75, 3.05) is 0 Å². The summed E-state index contributed by atoms with van der Waals surface area (Å²) in [6, 6.07) is 0.992. The van der Waals surface area contributed by atoms with Crippen LogP contribution in [-0.2, 0) is 4.43 Å². The van der Waals surface area contributed by atoms with Gasteiger partial charge >= 0.3 is 0 Å². The zero-order valence-electron chi connectivity index (χ0n) is 9.19. The number of halogens is 1. The second-order valence-corrected chi connectivity index (χ2v) is 8.86. The zero-order chi connectivity index (χ0) is 10.1. The molecule has 0 saturated carbocycles. The molecule has 1 aliphatic heterocycles. The summed E-state index contributed by atoms with van der Waals surface area (Å²) < 4.78 is 19.7. The lowest BCUT2D eigenvalue weighted by Gasteiger charge is -2.43. The molecule has 78 valence electrons. The molecular weight excluding hydrogens is 183 g/mol. The molecular formula is C10H21FOSi. The Morgan fingerprint density at radius 1 is 1.54 bits per heavy atom. The number of alkyl halides is 1. The fourth-order valence-corrected chi connectivity index (χ4v) is 5.90. The van der Waals surface area contributed by atoms with Gasteiger partial charge in [-0.05, 0) is 39.3 Å². The number of hydrogen-bond acceptors (Lipinski definition) is 1. The van der Waals surface area contributed by atoms with Crippen LogP contribution in [-0.4, -0.2) is 19.7 Å². The smallest absolute Gasteiger partial charge is 0.224 e. The van der Waals surface area contributed by atoms with Crippen LogP contribution in [0.25, 0.3) is 0 Å². The maximum Gasteiger partial charge on any atom is 0.224 e. The summed E-state index contributed by atoms with van der Waals surface area (Å²) in [5.41, 5.74) is -0.0846. The molecule has 2 atom stereocenters. The minimum Gasteiger partial charge on any atom is -0.409 e. The molecule has 0 aromatic heterocycles. The van der Waals surface area contributed by atoms with Crippen LogP contribution in [0.4, 0.5) is 4.39 Å². The van der Waals surface area contributed by atoms with Gasteiger partial charge < -0.3 is 4.43 Å². The van der Waals surface area contributed by atoms with Crippen LogP contribution in [0.15, 0.2) is 0 Å². The van der Waals surface area contributed by atoms with Crippen molar-refractivity contribution in [2.24, 2.45) is 0 Å². The SMILES string of the molecule is CCC(F)[Si]1(C)CCCC(C)(C)O1. The third kappa shape index (κ3) is 2.53. The van der Waals surface area contributed by atoms with Gasteiger partial charge in [-0.1, -0.05) is 13.3 Å². The normalized spacial score (nSPS) is 35.8. The Morgan fingerprint density at radius 2 is 2.15 bits per heavy atom. The molecule has 13 heavy (non-hydrogen) atoms. The van der Waals surface area contributed by atoms with Crippen molar-refractivity contribution in [3.63, 3.8) is 0 Å². The maximum atomic E-state index is 13.7. The van der Waals surface area contributed by atoms with Crippen LogP contribution in [0.5, 0.6) is 0 Å². The summed E-state index contributed by atoms with van der Waals surface area (Å²) in [7, 11) is -2.04. The van der Waals surface area contributed by atoms with E-state index < -0.39 is 14.1 Å². The van der Waals surface area contributed by atoms with Gasteiger partial charge in [-0.15, -0.1) is 0 Å². The molecule has 2 unspecified atom stereocenters. The summed E-state index contributed by atoms with van der Waals surface area (Å²) in [5.74, 6) is -0.688. The summed E-state index contributed by atoms with van der Waals surface area (Å²) in [6.45, 7) is 8.12. The van der Waals surface area contributed by atoms with E-state index in [1.165, 1.54) is 0 Å². The molecule has 0 radical (unpaired) electrons. The molecule has 1 saturated heterocycles. The van der Waals surface area contributed by atoms with Gasteiger partial charge in [0.15, 0.2) is 0 Å². The quantitative estimate of drug-likeness (QED) is 0.626. The largest absolute Gasteiger partial charge is 0.409 e. The summed E-state index contributed by atoms with van der Waals surface area (Å²) in [4.78, 5) is 0. The molecule has 0 spiro atoms. The Kier molecular flexibility index (Phi) is 3.18. The first-order valence-corrected chi connectivity index (χ1v) is 7.93. The summed E-state index contributed by atoms with van der Waals surface area (Å²) in [6.07, 6.45) is 2.82. The second-order valence-electron chi connectivity index (χ2n) is 4.90. The third-order valence-corrected chi connectivity index (χ3v) is 7.08. The molecule has 0 aromatic rings. The van der Waals surface area contributed by atoms with Crippen molar-refractivity contribution in [2.45, 2.75) is 64.0 Å². The van der Waals surface area contributed by atoms with Gasteiger partial charge in [0.2, 0.25) is 8.32 Å². The van der Waals surface area contributed by atoms with E-state index in [1.807, 2.05) is 13.5 Å². The standard InChI is InChI=1S/C10H21FOSi/c1-5-9(11)13(4)8-6-7-10(2,3)12-13/h9H,5-8H2,1-4H3. The Balaban J connectivity index is 2.68. The van der Waals surface area contributed by atoms with E-state index in [-0.39, 0.29) is 5.60 Å². The zero-order valence-corrected chi connectivity index (χ0v) is 10.2. The van der Waals surface area contributed by atoms with E-state index in [2.05, 4.69) is 13.8 Å². The van der Waals surface area contributed by atoms with Gasteiger partial charge in [-0.25, -0.2) is 4.39 Å². The van der Waals surface area contributed by atoms with Crippen molar-refractivity contribution in [1.29, 1.82) is 0 Å². The first-order valence-electron chi connectivity index (χ1n) is 5.24. The van der Waals surface area contributed by atoms with E-state index in [9.17, 15) is 4.39 Å². The molecule has 1 rings (SSSR count). The van der Waals surface area contributed by atoms with Crippen molar-refractivity contribution in [3.05, 3.63) is 0 Å². The topological polar surface area (TPSA) is 9.23 Å². The van der Waals surface area contributed by atoms with E-state index >= 15 is 0 Å². The van der Waals surface area contributed by atoms with Crippen LogP contribution in [0.1, 0.15) is 40.0 Å². The highest BCUT2D eigenvalue weighted by molar-refractivity contribution is 6.74. The minimum atomic E-state index is -2.04. The first-order chi connectivity index (χ1) is 5.90. The van der Waals surface area contributed by atoms with E-state index in [1.54, 1.807) is 0 Å². The van der Waals surface area contributed by atoms with Gasteiger partial charge in [0.1, 0.15) is 5.79 Å². The van der Waals surface area contributed by atoms with Crippen LogP contribution in [0.2, 0.25) is 12.6 Å². The Bertz CT molecular complexity index is 184. The fraction of sp³-hybridized carbons (Fsp3) is 1.00. The summed E-state index contributed by atoms with van der Waals surface area (Å²) in [5, 5.41) is 0. The fourth-order valence-electron chi connectivity index (χ4n) is 2.25. The lowest BCUT2D eigenvalue weighted by atomic mass is 10.0. The van der Waals surface area contributed by atoms with E-state index in [0.717, 1.165) is 18.9 Å². The summed E-state index contributed by atoms with van der Waals surface area (Å²) >= 11 is 0. The molecule has 1 nitrogen and oxygen atoms in total. The van der Waals surface area contributed by atoms with Gasteiger partial charge in [-0.2, -0.15) is 0 Å². The van der Waals surface area contributed by atoms with Gasteiger partial charge in [-0.3, -0.25) is 0 Å². The Labute approximate surface area is 81.8 Å². The third-order valence-electron chi connectivity index (χ3n) is 2.98. The number of hydrogen-bond donors (Lipinski definition) is 0. The lowest BCUT2D eigenvalue weighted by molar-refractivity contribution is 0.0592. The highest BCUT2D eigenvalue weighted by Crippen LogP contribution is 2.36. The highest BCUT2D eigenvalue weighted by atomic mass is 28.4. The van der Waals surface area contributed by atoms with Crippen molar-refractivity contribution in [3.8, 4) is 0 Å². The number of rotatable bonds is 2. The average molecular weight is 204 g/mol. The molecule has 0 amide bonds. The monoisotopic (exact) mass is 204 g/mol. The Morgan fingerprint density at radius 3 is 2.62 bits per heavy atom. The molecule has 1 fully saturated rings. The molecule has 0 aliphatic carbocycles. The molecule has 0 N–H and O–H groups in total. The lowest BCUT2D eigenvalue weighted by Crippen LogP contribution is -2.53. The predicted octanol–water partition coefficient (Wildman–Crippen LogP) is 3.44. The minimum absolute atomic E-state index is 0.0846. The predicted molar refractivity (Wildman–Crippen MR) is 56.0 cm³/mol. The molecule has 0 bridgehead atoms. The Hall–Kier alpha value is 0.107. The van der Waals surface area contributed by atoms with Gasteiger partial charge in [0.25, 0.3) is 0 Å². The highest BCUT2D eigenvalue weighted by Gasteiger charge is 2.45. The van der Waals surface area contributed by atoms with E-state index in [4.69, 9.17) is 4.43 Å². The molecule has 1 heterocycles. The average Bonchev–Trinajstić information content (AvgIpc) is 2.00. The van der Waals surface area contributed by atoms with Crippen LogP contribution in [0.3, 0.4) is 0 Å². The van der Waals surface area contributed by atoms with Crippen LogP contribution in [0, 0.1) is 0 Å². The molecule has 3 heteroatoms. The maximum absolute atomic E-state index is 13.7. The molecule has 0 aromatic carbocycles. The van der Waals surface area contributed by atoms with Crippen LogP contribution < -0.4 is 0 Å². The van der Waals surface area contributed by atoms with Crippen molar-refractivity contribution >= 4 is 8.32 Å². The second kappa shape index (κ2) is 3.69. The van der Waals surface area contributed by atoms with Crippen LogP contribution >= 0.6 is 0 Å². The molecule has 1 aliphatic rings. The van der Waals surface area contributed by atoms with Gasteiger partial charge in [0.05, 0.1) is 5.60 Å². The van der Waals surface area contributed by atoms with Crippen molar-refractivity contribution in [1.82, 2.24) is 0 Å². The first kappa shape index (κ1) is 11.2. The van der Waals surface area contributed by atoms with E-state index in [0.29, 0.717) is 6.42 Å². The van der Waals surface area contributed by atoms with Crippen molar-refractivity contribution < 1.29 is 8.82 Å². The van der Waals surface area contributed by atoms with Gasteiger partial charge in [0, 0.05) is 0 Å².